The van der Waals surface area contributed by atoms with Crippen molar-refractivity contribution in [3.63, 3.8) is 0 Å². The number of hydrogen-bond donors (Lipinski definition) is 7. The second kappa shape index (κ2) is 34.5. The van der Waals surface area contributed by atoms with Crippen molar-refractivity contribution < 1.29 is 57.0 Å². The minimum Gasteiger partial charge on any atom is -0.394 e. The zero-order chi connectivity index (χ0) is 42.2. The third kappa shape index (κ3) is 27.3. The molecule has 13 nitrogen and oxygen atoms in total. The molecular weight excluding hydrogens is 755 g/mol. The van der Waals surface area contributed by atoms with Crippen molar-refractivity contribution in [3.05, 3.63) is 12.2 Å². The fourth-order valence-electron chi connectivity index (χ4n) is 7.28. The van der Waals surface area contributed by atoms with Crippen LogP contribution in [-0.2, 0) is 28.9 Å². The molecule has 1 saturated heterocycles. The van der Waals surface area contributed by atoms with Crippen LogP contribution >= 0.6 is 0 Å². The van der Waals surface area contributed by atoms with E-state index in [1.165, 1.54) is 128 Å². The first kappa shape index (κ1) is 53.8. The monoisotopic (exact) mass is 838 g/mol. The van der Waals surface area contributed by atoms with Gasteiger partial charge in [-0.15, -0.1) is 0 Å². The summed E-state index contributed by atoms with van der Waals surface area (Å²) >= 11 is 0. The van der Waals surface area contributed by atoms with Crippen molar-refractivity contribution >= 4 is 16.3 Å². The predicted octanol–water partition coefficient (Wildman–Crippen LogP) is 7.36. The molecule has 1 aliphatic rings. The Balaban J connectivity index is 2.53. The van der Waals surface area contributed by atoms with Gasteiger partial charge in [0.25, 0.3) is 0 Å². The quantitative estimate of drug-likeness (QED) is 0.0185. The predicted molar refractivity (Wildman–Crippen MR) is 224 cm³/mol. The number of aliphatic hydroxyl groups excluding tert-OH is 5. The minimum absolute atomic E-state index is 0.248. The Hall–Kier alpha value is -1.20. The fourth-order valence-corrected chi connectivity index (χ4v) is 7.79. The highest BCUT2D eigenvalue weighted by atomic mass is 32.3. The Bertz CT molecular complexity index is 1100. The number of ether oxygens (including phenoxy) is 2. The summed E-state index contributed by atoms with van der Waals surface area (Å²) in [5, 5.41) is 55.0. The third-order valence-corrected chi connectivity index (χ3v) is 11.4. The normalized spacial score (nSPS) is 21.9. The highest BCUT2D eigenvalue weighted by molar-refractivity contribution is 7.80. The summed E-state index contributed by atoms with van der Waals surface area (Å²) in [4.78, 5) is 13.1. The molecule has 1 heterocycles. The minimum atomic E-state index is -5.11. The van der Waals surface area contributed by atoms with E-state index in [0.717, 1.165) is 38.5 Å². The molecule has 0 aromatic heterocycles. The fraction of sp³-hybridized carbons (Fsp3) is 0.930. The van der Waals surface area contributed by atoms with Gasteiger partial charge in [0.2, 0.25) is 5.91 Å². The molecule has 14 heteroatoms. The van der Waals surface area contributed by atoms with Crippen molar-refractivity contribution in [3.8, 4) is 0 Å². The van der Waals surface area contributed by atoms with Crippen LogP contribution in [0.1, 0.15) is 194 Å². The van der Waals surface area contributed by atoms with Crippen LogP contribution in [0.15, 0.2) is 12.2 Å². The zero-order valence-corrected chi connectivity index (χ0v) is 36.3. The first-order chi connectivity index (χ1) is 27.4. The Morgan fingerprint density at radius 1 is 0.702 bits per heavy atom. The number of allylic oxidation sites excluding steroid dienone is 1. The summed E-state index contributed by atoms with van der Waals surface area (Å²) in [6, 6.07) is -1.11. The van der Waals surface area contributed by atoms with Gasteiger partial charge in [-0.25, -0.2) is 4.18 Å². The van der Waals surface area contributed by atoms with Crippen LogP contribution in [0.4, 0.5) is 0 Å². The molecular formula is C43H83NO12S. The molecule has 0 spiro atoms. The number of hydrogen-bond acceptors (Lipinski definition) is 11. The standard InChI is InChI=1S/C43H83NO12S/c1-3-5-7-9-11-13-15-16-17-18-19-20-21-22-24-26-28-30-32-37(47)42(50)44-35(36(46)31-29-27-25-23-14-12-10-8-6-4-2)34-54-43-40(49)41(56-57(51,52)53)39(48)38(33-45)55-43/h29,31,35-41,43,45-49H,3-28,30,32-34H2,1-2H3,(H,44,50)(H,51,52,53)/b31-29+. The maximum absolute atomic E-state index is 13.1. The molecule has 0 bridgehead atoms. The van der Waals surface area contributed by atoms with Crippen LogP contribution in [0.25, 0.3) is 0 Å². The molecule has 8 atom stereocenters. The Morgan fingerprint density at radius 3 is 1.58 bits per heavy atom. The summed E-state index contributed by atoms with van der Waals surface area (Å²) in [5.41, 5.74) is 0. The molecule has 0 radical (unpaired) electrons. The number of amides is 1. The van der Waals surface area contributed by atoms with Crippen molar-refractivity contribution in [2.75, 3.05) is 13.2 Å². The molecule has 0 saturated carbocycles. The van der Waals surface area contributed by atoms with Gasteiger partial charge in [-0.2, -0.15) is 8.42 Å². The average molecular weight is 838 g/mol. The lowest BCUT2D eigenvalue weighted by Gasteiger charge is -2.41. The van der Waals surface area contributed by atoms with Gasteiger partial charge in [-0.1, -0.05) is 187 Å². The van der Waals surface area contributed by atoms with Gasteiger partial charge in [0.05, 0.1) is 25.4 Å². The van der Waals surface area contributed by atoms with Crippen molar-refractivity contribution in [2.24, 2.45) is 0 Å². The first-order valence-electron chi connectivity index (χ1n) is 22.7. The Labute approximate surface area is 345 Å². The van der Waals surface area contributed by atoms with Crippen molar-refractivity contribution in [1.82, 2.24) is 5.32 Å². The molecule has 1 amide bonds. The second-order valence-electron chi connectivity index (χ2n) is 16.1. The van der Waals surface area contributed by atoms with E-state index in [-0.39, 0.29) is 6.42 Å². The lowest BCUT2D eigenvalue weighted by molar-refractivity contribution is -0.298. The molecule has 8 unspecified atom stereocenters. The largest absolute Gasteiger partial charge is 0.397 e. The summed E-state index contributed by atoms with van der Waals surface area (Å²) in [6.07, 6.45) is 24.5. The molecule has 1 fully saturated rings. The van der Waals surface area contributed by atoms with Gasteiger partial charge in [0, 0.05) is 0 Å². The summed E-state index contributed by atoms with van der Waals surface area (Å²) in [6.45, 7) is 3.19. The maximum atomic E-state index is 13.1. The molecule has 338 valence electrons. The van der Waals surface area contributed by atoms with Gasteiger partial charge in [0.15, 0.2) is 6.29 Å². The van der Waals surface area contributed by atoms with E-state index < -0.39 is 78.5 Å². The van der Waals surface area contributed by atoms with Gasteiger partial charge in [-0.3, -0.25) is 9.35 Å². The van der Waals surface area contributed by atoms with E-state index in [0.29, 0.717) is 12.8 Å². The van der Waals surface area contributed by atoms with E-state index in [4.69, 9.17) is 14.0 Å². The highest BCUT2D eigenvalue weighted by Gasteiger charge is 2.48. The number of nitrogens with one attached hydrogen (secondary N) is 1. The molecule has 0 aliphatic carbocycles. The smallest absolute Gasteiger partial charge is 0.394 e. The van der Waals surface area contributed by atoms with Gasteiger partial charge in [-0.05, 0) is 19.3 Å². The second-order valence-corrected chi connectivity index (χ2v) is 17.2. The zero-order valence-electron chi connectivity index (χ0n) is 35.5. The topological polar surface area (TPSA) is 212 Å². The van der Waals surface area contributed by atoms with Crippen molar-refractivity contribution in [1.29, 1.82) is 0 Å². The van der Waals surface area contributed by atoms with Gasteiger partial charge < -0.3 is 40.3 Å². The van der Waals surface area contributed by atoms with Crippen LogP contribution < -0.4 is 5.32 Å². The lowest BCUT2D eigenvalue weighted by Crippen LogP contribution is -2.61. The molecule has 0 aromatic carbocycles. The molecule has 1 rings (SSSR count). The van der Waals surface area contributed by atoms with E-state index in [1.807, 2.05) is 6.08 Å². The number of carbonyl (C=O) groups is 1. The van der Waals surface area contributed by atoms with Crippen LogP contribution in [0, 0.1) is 0 Å². The summed E-state index contributed by atoms with van der Waals surface area (Å²) in [5.74, 6) is -0.701. The third-order valence-electron chi connectivity index (χ3n) is 10.9. The SMILES string of the molecule is CCCCCCCCCC/C=C/C(O)C(COC1OC(CO)C(O)C(OS(=O)(=O)O)C1O)NC(=O)C(O)CCCCCCCCCCCCCCCCCCCC. The van der Waals surface area contributed by atoms with E-state index >= 15 is 0 Å². The highest BCUT2D eigenvalue weighted by Crippen LogP contribution is 2.26. The molecule has 1 aliphatic heterocycles. The lowest BCUT2D eigenvalue weighted by atomic mass is 9.99. The first-order valence-corrected chi connectivity index (χ1v) is 24.0. The van der Waals surface area contributed by atoms with E-state index in [2.05, 4.69) is 23.3 Å². The average Bonchev–Trinajstić information content (AvgIpc) is 3.18. The summed E-state index contributed by atoms with van der Waals surface area (Å²) in [7, 11) is -5.11. The molecule has 0 aromatic rings. The van der Waals surface area contributed by atoms with Crippen molar-refractivity contribution in [2.45, 2.75) is 243 Å². The maximum Gasteiger partial charge on any atom is 0.397 e. The summed E-state index contributed by atoms with van der Waals surface area (Å²) < 4.78 is 47.4. The number of rotatable bonds is 38. The number of aliphatic hydroxyl groups is 5. The van der Waals surface area contributed by atoms with Crippen LogP contribution in [-0.4, -0.2) is 107 Å². The van der Waals surface area contributed by atoms with Gasteiger partial charge in [0.1, 0.15) is 30.5 Å². The molecule has 57 heavy (non-hydrogen) atoms. The van der Waals surface area contributed by atoms with Crippen LogP contribution in [0.3, 0.4) is 0 Å². The Kier molecular flexibility index (Phi) is 32.6. The van der Waals surface area contributed by atoms with E-state index in [9.17, 15) is 38.7 Å². The number of carbonyl (C=O) groups excluding carboxylic acids is 1. The van der Waals surface area contributed by atoms with Crippen LogP contribution in [0.2, 0.25) is 0 Å². The van der Waals surface area contributed by atoms with E-state index in [1.54, 1.807) is 0 Å². The Morgan fingerprint density at radius 2 is 1.14 bits per heavy atom. The molecule has 7 N–H and O–H groups in total. The van der Waals surface area contributed by atoms with Crippen LogP contribution in [0.5, 0.6) is 0 Å². The number of unbranched alkanes of at least 4 members (excludes halogenated alkanes) is 25. The van der Waals surface area contributed by atoms with Gasteiger partial charge >= 0.3 is 10.4 Å².